The lowest BCUT2D eigenvalue weighted by Crippen LogP contribution is -2.30. The molecular formula is C23H22N2O5. The smallest absolute Gasteiger partial charge is 0.342 e. The summed E-state index contributed by atoms with van der Waals surface area (Å²) < 4.78 is 10.7. The van der Waals surface area contributed by atoms with Gasteiger partial charge in [0.25, 0.3) is 5.91 Å². The summed E-state index contributed by atoms with van der Waals surface area (Å²) in [7, 11) is 1.47. The molecular weight excluding hydrogens is 384 g/mol. The molecule has 0 aliphatic rings. The number of nitrogens with one attached hydrogen (secondary N) is 2. The zero-order chi connectivity index (χ0) is 21.7. The molecule has 30 heavy (non-hydrogen) atoms. The SMILES string of the molecule is COc1cc2ccccc2cc1C(=O)OC(C)C(=O)Nc1ccc(NC(C)=O)cc1. The number of rotatable bonds is 6. The van der Waals surface area contributed by atoms with Crippen molar-refractivity contribution < 1.29 is 23.9 Å². The Labute approximate surface area is 174 Å². The fourth-order valence-electron chi connectivity index (χ4n) is 2.91. The predicted molar refractivity (Wildman–Crippen MR) is 115 cm³/mol. The molecule has 0 spiro atoms. The minimum absolute atomic E-state index is 0.184. The lowest BCUT2D eigenvalue weighted by Gasteiger charge is -2.15. The highest BCUT2D eigenvalue weighted by Gasteiger charge is 2.22. The standard InChI is InChI=1S/C23H22N2O5/c1-14(22(27)25-19-10-8-18(9-11-19)24-15(2)26)30-23(28)20-12-16-6-4-5-7-17(16)13-21(20)29-3/h4-14H,1-3H3,(H,24,26)(H,25,27). The lowest BCUT2D eigenvalue weighted by molar-refractivity contribution is -0.123. The Kier molecular flexibility index (Phi) is 6.32. The van der Waals surface area contributed by atoms with E-state index in [4.69, 9.17) is 9.47 Å². The summed E-state index contributed by atoms with van der Waals surface area (Å²) in [5.74, 6) is -0.937. The maximum absolute atomic E-state index is 12.7. The Hall–Kier alpha value is -3.87. The topological polar surface area (TPSA) is 93.7 Å². The summed E-state index contributed by atoms with van der Waals surface area (Å²) in [6, 6.07) is 17.6. The van der Waals surface area contributed by atoms with Gasteiger partial charge in [0.2, 0.25) is 5.91 Å². The highest BCUT2D eigenvalue weighted by molar-refractivity contribution is 6.01. The number of ether oxygens (including phenoxy) is 2. The van der Waals surface area contributed by atoms with Crippen LogP contribution in [-0.4, -0.2) is 31.0 Å². The van der Waals surface area contributed by atoms with Crippen molar-refractivity contribution in [3.63, 3.8) is 0 Å². The first-order valence-electron chi connectivity index (χ1n) is 9.33. The lowest BCUT2D eigenvalue weighted by atomic mass is 10.1. The largest absolute Gasteiger partial charge is 0.496 e. The number of hydrogen-bond donors (Lipinski definition) is 2. The van der Waals surface area contributed by atoms with E-state index in [0.29, 0.717) is 17.1 Å². The molecule has 0 aliphatic carbocycles. The van der Waals surface area contributed by atoms with Crippen LogP contribution in [0.4, 0.5) is 11.4 Å². The Morgan fingerprint density at radius 1 is 0.867 bits per heavy atom. The Morgan fingerprint density at radius 3 is 2.00 bits per heavy atom. The maximum atomic E-state index is 12.7. The van der Waals surface area contributed by atoms with Crippen molar-refractivity contribution in [2.75, 3.05) is 17.7 Å². The third kappa shape index (κ3) is 4.94. The average Bonchev–Trinajstić information content (AvgIpc) is 2.73. The molecule has 1 unspecified atom stereocenters. The van der Waals surface area contributed by atoms with Crippen LogP contribution in [0.25, 0.3) is 10.8 Å². The first kappa shape index (κ1) is 20.9. The number of benzene rings is 3. The molecule has 0 aliphatic heterocycles. The normalized spacial score (nSPS) is 11.4. The number of esters is 1. The molecule has 3 aromatic carbocycles. The van der Waals surface area contributed by atoms with Crippen LogP contribution in [0.1, 0.15) is 24.2 Å². The zero-order valence-corrected chi connectivity index (χ0v) is 16.9. The van der Waals surface area contributed by atoms with Crippen LogP contribution >= 0.6 is 0 Å². The van der Waals surface area contributed by atoms with Crippen molar-refractivity contribution in [3.05, 3.63) is 66.2 Å². The molecule has 2 N–H and O–H groups in total. The molecule has 7 nitrogen and oxygen atoms in total. The summed E-state index contributed by atoms with van der Waals surface area (Å²) in [5, 5.41) is 7.11. The van der Waals surface area contributed by atoms with Gasteiger partial charge in [-0.3, -0.25) is 9.59 Å². The molecule has 0 heterocycles. The van der Waals surface area contributed by atoms with Crippen molar-refractivity contribution in [1.29, 1.82) is 0 Å². The van der Waals surface area contributed by atoms with Crippen LogP contribution < -0.4 is 15.4 Å². The first-order valence-corrected chi connectivity index (χ1v) is 9.33. The van der Waals surface area contributed by atoms with E-state index < -0.39 is 18.0 Å². The molecule has 7 heteroatoms. The summed E-state index contributed by atoms with van der Waals surface area (Å²) in [4.78, 5) is 36.1. The molecule has 3 rings (SSSR count). The number of carbonyl (C=O) groups is 3. The van der Waals surface area contributed by atoms with Gasteiger partial charge in [-0.05, 0) is 54.1 Å². The van der Waals surface area contributed by atoms with E-state index in [2.05, 4.69) is 10.6 Å². The second kappa shape index (κ2) is 9.09. The minimum atomic E-state index is -1.02. The molecule has 154 valence electrons. The van der Waals surface area contributed by atoms with Gasteiger partial charge in [0, 0.05) is 18.3 Å². The number of methoxy groups -OCH3 is 1. The Morgan fingerprint density at radius 2 is 1.43 bits per heavy atom. The van der Waals surface area contributed by atoms with Gasteiger partial charge < -0.3 is 20.1 Å². The fourth-order valence-corrected chi connectivity index (χ4v) is 2.91. The summed E-state index contributed by atoms with van der Waals surface area (Å²) >= 11 is 0. The monoisotopic (exact) mass is 406 g/mol. The van der Waals surface area contributed by atoms with Crippen molar-refractivity contribution in [1.82, 2.24) is 0 Å². The Bertz CT molecular complexity index is 1090. The maximum Gasteiger partial charge on any atom is 0.342 e. The van der Waals surface area contributed by atoms with Gasteiger partial charge in [-0.25, -0.2) is 4.79 Å². The van der Waals surface area contributed by atoms with Gasteiger partial charge in [0.05, 0.1) is 7.11 Å². The van der Waals surface area contributed by atoms with Crippen molar-refractivity contribution in [2.45, 2.75) is 20.0 Å². The average molecular weight is 406 g/mol. The van der Waals surface area contributed by atoms with Gasteiger partial charge >= 0.3 is 5.97 Å². The van der Waals surface area contributed by atoms with E-state index in [-0.39, 0.29) is 11.5 Å². The van der Waals surface area contributed by atoms with Crippen molar-refractivity contribution in [2.24, 2.45) is 0 Å². The minimum Gasteiger partial charge on any atom is -0.496 e. The van der Waals surface area contributed by atoms with Gasteiger partial charge in [0.1, 0.15) is 11.3 Å². The van der Waals surface area contributed by atoms with E-state index in [9.17, 15) is 14.4 Å². The van der Waals surface area contributed by atoms with E-state index in [1.54, 1.807) is 36.4 Å². The summed E-state index contributed by atoms with van der Waals surface area (Å²) in [6.45, 7) is 2.91. The van der Waals surface area contributed by atoms with Gasteiger partial charge in [-0.15, -0.1) is 0 Å². The number of fused-ring (bicyclic) bond motifs is 1. The van der Waals surface area contributed by atoms with E-state index in [1.165, 1.54) is 21.0 Å². The molecule has 1 atom stereocenters. The molecule has 0 radical (unpaired) electrons. The third-order valence-electron chi connectivity index (χ3n) is 4.41. The van der Waals surface area contributed by atoms with E-state index in [0.717, 1.165) is 10.8 Å². The second-order valence-corrected chi connectivity index (χ2v) is 6.69. The number of anilines is 2. The van der Waals surface area contributed by atoms with Crippen LogP contribution in [0.5, 0.6) is 5.75 Å². The molecule has 0 bridgehead atoms. The summed E-state index contributed by atoms with van der Waals surface area (Å²) in [6.07, 6.45) is -1.02. The van der Waals surface area contributed by atoms with Gasteiger partial charge in [-0.2, -0.15) is 0 Å². The van der Waals surface area contributed by atoms with Crippen LogP contribution in [0, 0.1) is 0 Å². The molecule has 0 aromatic heterocycles. The predicted octanol–water partition coefficient (Wildman–Crippen LogP) is 3.99. The third-order valence-corrected chi connectivity index (χ3v) is 4.41. The number of hydrogen-bond acceptors (Lipinski definition) is 5. The second-order valence-electron chi connectivity index (χ2n) is 6.69. The molecule has 0 fully saturated rings. The summed E-state index contributed by atoms with van der Waals surface area (Å²) in [5.41, 5.74) is 1.37. The van der Waals surface area contributed by atoms with Gasteiger partial charge in [-0.1, -0.05) is 24.3 Å². The van der Waals surface area contributed by atoms with E-state index in [1.807, 2.05) is 24.3 Å². The quantitative estimate of drug-likeness (QED) is 0.604. The highest BCUT2D eigenvalue weighted by Crippen LogP contribution is 2.27. The Balaban J connectivity index is 1.68. The zero-order valence-electron chi connectivity index (χ0n) is 16.9. The number of carbonyl (C=O) groups excluding carboxylic acids is 3. The number of amides is 2. The van der Waals surface area contributed by atoms with Gasteiger partial charge in [0.15, 0.2) is 6.10 Å². The fraction of sp³-hybridized carbons (Fsp3) is 0.174. The highest BCUT2D eigenvalue weighted by atomic mass is 16.5. The first-order chi connectivity index (χ1) is 14.4. The van der Waals surface area contributed by atoms with Crippen molar-refractivity contribution >= 4 is 39.9 Å². The van der Waals surface area contributed by atoms with Crippen molar-refractivity contribution in [3.8, 4) is 5.75 Å². The molecule has 3 aromatic rings. The van der Waals surface area contributed by atoms with Crippen LogP contribution in [0.15, 0.2) is 60.7 Å². The van der Waals surface area contributed by atoms with E-state index >= 15 is 0 Å². The molecule has 0 saturated heterocycles. The van der Waals surface area contributed by atoms with Crippen LogP contribution in [0.3, 0.4) is 0 Å². The molecule has 0 saturated carbocycles. The molecule has 2 amide bonds. The van der Waals surface area contributed by atoms with Crippen LogP contribution in [-0.2, 0) is 14.3 Å². The van der Waals surface area contributed by atoms with Crippen LogP contribution in [0.2, 0.25) is 0 Å².